The Hall–Kier alpha value is 0.720. The van der Waals surface area contributed by atoms with Crippen molar-refractivity contribution in [3.8, 4) is 5.75 Å². The molecule has 0 saturated carbocycles. The second kappa shape index (κ2) is 30.9. The highest BCUT2D eigenvalue weighted by Gasteiger charge is 2.00. The summed E-state index contributed by atoms with van der Waals surface area (Å²) in [6.07, 6.45) is 5.11. The van der Waals surface area contributed by atoms with Crippen molar-refractivity contribution in [2.24, 2.45) is 5.73 Å². The molecule has 0 bridgehead atoms. The van der Waals surface area contributed by atoms with Gasteiger partial charge in [-0.15, -0.1) is 49.6 Å². The quantitative estimate of drug-likeness (QED) is 0.218. The van der Waals surface area contributed by atoms with Crippen LogP contribution in [0.2, 0.25) is 0 Å². The van der Waals surface area contributed by atoms with Crippen LogP contribution < -0.4 is 21.1 Å². The molecule has 0 aliphatic carbocycles. The molecule has 178 valence electrons. The lowest BCUT2D eigenvalue weighted by Gasteiger charge is -2.09. The van der Waals surface area contributed by atoms with Crippen molar-refractivity contribution in [1.29, 1.82) is 0 Å². The van der Waals surface area contributed by atoms with Gasteiger partial charge in [-0.1, -0.05) is 52.6 Å². The standard InChI is InChI=1S/C18H33N3OS2.4ClH.H2O/c1-22-18-9-5-4-8-17(18)16-21-12-7-3-2-6-11-20-13-15-24-23-14-10-19;;;;;/h4-5,8-9,20-21H,2-3,6-7,10-16,19H2,1H3;4*1H;1H2. The molecule has 5 nitrogen and oxygen atoms in total. The number of hydrogen-bond acceptors (Lipinski definition) is 6. The highest BCUT2D eigenvalue weighted by atomic mass is 35.5. The maximum Gasteiger partial charge on any atom is 0.123 e. The number of para-hydroxylation sites is 1. The zero-order valence-corrected chi connectivity index (χ0v) is 21.9. The average molecular weight is 535 g/mol. The van der Waals surface area contributed by atoms with E-state index < -0.39 is 0 Å². The zero-order chi connectivity index (χ0) is 17.3. The van der Waals surface area contributed by atoms with E-state index in [1.165, 1.54) is 31.2 Å². The lowest BCUT2D eigenvalue weighted by atomic mass is 10.1. The Labute approximate surface area is 209 Å². The predicted octanol–water partition coefficient (Wildman–Crippen LogP) is 4.14. The highest BCUT2D eigenvalue weighted by Crippen LogP contribution is 2.19. The first kappa shape index (κ1) is 40.1. The number of methoxy groups -OCH3 is 1. The van der Waals surface area contributed by atoms with E-state index in [2.05, 4.69) is 22.8 Å². The molecule has 0 atom stereocenters. The molecule has 0 amide bonds. The molecule has 0 aromatic heterocycles. The van der Waals surface area contributed by atoms with E-state index in [4.69, 9.17) is 10.5 Å². The van der Waals surface area contributed by atoms with E-state index in [0.717, 1.165) is 50.0 Å². The van der Waals surface area contributed by atoms with Crippen LogP contribution in [-0.4, -0.2) is 50.3 Å². The van der Waals surface area contributed by atoms with Gasteiger partial charge in [-0.3, -0.25) is 0 Å². The Morgan fingerprint density at radius 3 is 2.03 bits per heavy atom. The molecule has 0 heterocycles. The van der Waals surface area contributed by atoms with E-state index in [-0.39, 0.29) is 55.1 Å². The Bertz CT molecular complexity index is 428. The van der Waals surface area contributed by atoms with E-state index >= 15 is 0 Å². The second-order valence-electron chi connectivity index (χ2n) is 5.59. The van der Waals surface area contributed by atoms with Gasteiger partial charge in [0, 0.05) is 36.7 Å². The molecular formula is C18H39Cl4N3O2S2. The van der Waals surface area contributed by atoms with E-state index in [0.29, 0.717) is 0 Å². The van der Waals surface area contributed by atoms with Gasteiger partial charge < -0.3 is 26.6 Å². The van der Waals surface area contributed by atoms with Gasteiger partial charge in [-0.2, -0.15) is 0 Å². The Balaban J connectivity index is -0.000000384. The van der Waals surface area contributed by atoms with E-state index in [1.54, 1.807) is 7.11 Å². The van der Waals surface area contributed by atoms with Crippen LogP contribution in [0.15, 0.2) is 24.3 Å². The molecule has 1 aromatic carbocycles. The first-order valence-electron chi connectivity index (χ1n) is 8.86. The number of benzene rings is 1. The third kappa shape index (κ3) is 23.2. The van der Waals surface area contributed by atoms with Crippen molar-refractivity contribution >= 4 is 71.2 Å². The van der Waals surface area contributed by atoms with Gasteiger partial charge in [0.05, 0.1) is 7.11 Å². The van der Waals surface area contributed by atoms with Crippen LogP contribution in [-0.2, 0) is 6.54 Å². The molecule has 29 heavy (non-hydrogen) atoms. The molecule has 0 unspecified atom stereocenters. The minimum absolute atomic E-state index is 0. The molecule has 0 aliphatic heterocycles. The van der Waals surface area contributed by atoms with Gasteiger partial charge in [-0.05, 0) is 32.0 Å². The van der Waals surface area contributed by atoms with Crippen molar-refractivity contribution in [2.75, 3.05) is 44.8 Å². The smallest absolute Gasteiger partial charge is 0.123 e. The summed E-state index contributed by atoms with van der Waals surface area (Å²) in [6, 6.07) is 8.19. The second-order valence-corrected chi connectivity index (χ2v) is 8.29. The van der Waals surface area contributed by atoms with Crippen LogP contribution >= 0.6 is 71.2 Å². The molecule has 0 radical (unpaired) electrons. The Morgan fingerprint density at radius 2 is 1.41 bits per heavy atom. The summed E-state index contributed by atoms with van der Waals surface area (Å²) in [4.78, 5) is 0. The maximum atomic E-state index is 5.45. The largest absolute Gasteiger partial charge is 0.496 e. The third-order valence-corrected chi connectivity index (χ3v) is 6.05. The Morgan fingerprint density at radius 1 is 0.828 bits per heavy atom. The summed E-state index contributed by atoms with van der Waals surface area (Å²) in [5.74, 6) is 3.18. The van der Waals surface area contributed by atoms with Gasteiger partial charge in [0.2, 0.25) is 0 Å². The summed E-state index contributed by atoms with van der Waals surface area (Å²) >= 11 is 0. The van der Waals surface area contributed by atoms with Crippen molar-refractivity contribution in [2.45, 2.75) is 32.2 Å². The fourth-order valence-electron chi connectivity index (χ4n) is 2.33. The van der Waals surface area contributed by atoms with Gasteiger partial charge in [-0.25, -0.2) is 0 Å². The predicted molar refractivity (Wildman–Crippen MR) is 143 cm³/mol. The summed E-state index contributed by atoms with van der Waals surface area (Å²) in [7, 11) is 5.51. The number of hydrogen-bond donors (Lipinski definition) is 3. The van der Waals surface area contributed by atoms with Gasteiger partial charge in [0.25, 0.3) is 0 Å². The minimum Gasteiger partial charge on any atom is -0.496 e. The van der Waals surface area contributed by atoms with Crippen LogP contribution in [0.5, 0.6) is 5.75 Å². The lowest BCUT2D eigenvalue weighted by Crippen LogP contribution is -2.18. The van der Waals surface area contributed by atoms with Crippen LogP contribution in [0, 0.1) is 0 Å². The SMILES string of the molecule is COc1ccccc1CNCCCCCCNCCSSCCN.Cl.Cl.Cl.Cl.O. The fraction of sp³-hybridized carbons (Fsp3) is 0.667. The lowest BCUT2D eigenvalue weighted by molar-refractivity contribution is 0.407. The Kier molecular flexibility index (Phi) is 42.8. The van der Waals surface area contributed by atoms with Crippen LogP contribution in [0.1, 0.15) is 31.2 Å². The minimum atomic E-state index is 0. The molecule has 0 fully saturated rings. The zero-order valence-electron chi connectivity index (χ0n) is 17.0. The summed E-state index contributed by atoms with van der Waals surface area (Å²) in [5, 5.41) is 7.01. The van der Waals surface area contributed by atoms with Crippen molar-refractivity contribution in [3.63, 3.8) is 0 Å². The fourth-order valence-corrected chi connectivity index (χ4v) is 4.14. The molecule has 0 saturated heterocycles. The monoisotopic (exact) mass is 533 g/mol. The highest BCUT2D eigenvalue weighted by molar-refractivity contribution is 8.76. The molecule has 0 aliphatic rings. The number of nitrogens with two attached hydrogens (primary N) is 1. The molecule has 1 rings (SSSR count). The summed E-state index contributed by atoms with van der Waals surface area (Å²) in [6.45, 7) is 4.96. The number of ether oxygens (including phenoxy) is 1. The van der Waals surface area contributed by atoms with Crippen molar-refractivity contribution < 1.29 is 10.2 Å². The first-order chi connectivity index (χ1) is 11.9. The van der Waals surface area contributed by atoms with Crippen molar-refractivity contribution in [1.82, 2.24) is 10.6 Å². The number of nitrogens with one attached hydrogen (secondary N) is 2. The van der Waals surface area contributed by atoms with Crippen LogP contribution in [0.3, 0.4) is 0 Å². The number of unbranched alkanes of at least 4 members (excludes halogenated alkanes) is 3. The molecule has 1 aromatic rings. The summed E-state index contributed by atoms with van der Waals surface area (Å²) < 4.78 is 5.36. The molecule has 6 N–H and O–H groups in total. The third-order valence-electron chi connectivity index (χ3n) is 3.61. The molecule has 11 heteroatoms. The summed E-state index contributed by atoms with van der Waals surface area (Å²) in [5.41, 5.74) is 6.68. The van der Waals surface area contributed by atoms with E-state index in [9.17, 15) is 0 Å². The average Bonchev–Trinajstić information content (AvgIpc) is 2.62. The molecular weight excluding hydrogens is 496 g/mol. The van der Waals surface area contributed by atoms with Crippen LogP contribution in [0.25, 0.3) is 0 Å². The van der Waals surface area contributed by atoms with Gasteiger partial charge >= 0.3 is 0 Å². The van der Waals surface area contributed by atoms with Gasteiger partial charge in [0.1, 0.15) is 5.75 Å². The number of halogens is 4. The first-order valence-corrected chi connectivity index (χ1v) is 11.3. The number of rotatable bonds is 16. The van der Waals surface area contributed by atoms with Gasteiger partial charge in [0.15, 0.2) is 0 Å². The topological polar surface area (TPSA) is 90.8 Å². The van der Waals surface area contributed by atoms with Crippen molar-refractivity contribution in [3.05, 3.63) is 29.8 Å². The van der Waals surface area contributed by atoms with Crippen LogP contribution in [0.4, 0.5) is 0 Å². The normalized spacial score (nSPS) is 9.03. The maximum absolute atomic E-state index is 5.45. The molecule has 0 spiro atoms. The van der Waals surface area contributed by atoms with E-state index in [1.807, 2.05) is 33.7 Å².